The number of benzene rings is 1. The van der Waals surface area contributed by atoms with Crippen LogP contribution in [0.5, 0.6) is 0 Å². The second-order valence-corrected chi connectivity index (χ2v) is 13.6. The topological polar surface area (TPSA) is 617 Å². The van der Waals surface area contributed by atoms with Gasteiger partial charge in [-0.1, -0.05) is 0 Å². The van der Waals surface area contributed by atoms with Gasteiger partial charge in [0.1, 0.15) is 22.4 Å². The Balaban J connectivity index is -0.000000444. The lowest BCUT2D eigenvalue weighted by Crippen LogP contribution is -2.89. The Bertz CT molecular complexity index is 2510. The first-order valence-corrected chi connectivity index (χ1v) is 19.0. The summed E-state index contributed by atoms with van der Waals surface area (Å²) in [5.41, 5.74) is -4.24. The number of aromatic nitrogens is 6. The number of rotatable bonds is 10. The van der Waals surface area contributed by atoms with E-state index >= 15 is 0 Å². The highest BCUT2D eigenvalue weighted by molar-refractivity contribution is 6.08. The summed E-state index contributed by atoms with van der Waals surface area (Å²) < 4.78 is 3.36. The number of carboxylic acid groups (broad SMARTS) is 6. The van der Waals surface area contributed by atoms with Gasteiger partial charge in [0, 0.05) is 49.0 Å². The van der Waals surface area contributed by atoms with Gasteiger partial charge in [-0.25, -0.2) is 29.1 Å². The number of fused-ring (bicyclic) bond motifs is 2. The van der Waals surface area contributed by atoms with Crippen molar-refractivity contribution >= 4 is 69.8 Å². The van der Waals surface area contributed by atoms with E-state index in [4.69, 9.17) is 20.4 Å². The Morgan fingerprint density at radius 2 is 0.800 bits per heavy atom. The third-order valence-corrected chi connectivity index (χ3v) is 9.78. The minimum Gasteiger partial charge on any atom is -0.545 e. The van der Waals surface area contributed by atoms with Crippen molar-refractivity contribution in [1.82, 2.24) is 29.1 Å². The molecule has 0 amide bonds. The number of pyridine rings is 2. The van der Waals surface area contributed by atoms with Crippen LogP contribution >= 0.6 is 0 Å². The Morgan fingerprint density at radius 1 is 0.514 bits per heavy atom. The van der Waals surface area contributed by atoms with Crippen LogP contribution in [0.3, 0.4) is 0 Å². The average Bonchev–Trinajstić information content (AvgIpc) is 3.26. The third kappa shape index (κ3) is 14.9. The Morgan fingerprint density at radius 3 is 1.06 bits per heavy atom. The predicted molar refractivity (Wildman–Crippen MR) is 239 cm³/mol. The van der Waals surface area contributed by atoms with Crippen LogP contribution in [-0.2, 0) is 13.1 Å². The van der Waals surface area contributed by atoms with Crippen LogP contribution in [0.4, 0.5) is 11.9 Å². The zero-order chi connectivity index (χ0) is 45.4. The molecule has 390 valence electrons. The van der Waals surface area contributed by atoms with Crippen molar-refractivity contribution < 1.29 is 114 Å². The highest BCUT2D eigenvalue weighted by Gasteiger charge is 2.22. The molecule has 24 N–H and O–H groups in total. The first kappa shape index (κ1) is 68.4. The van der Waals surface area contributed by atoms with Gasteiger partial charge in [-0.15, -0.1) is 0 Å². The molecule has 0 aliphatic carbocycles. The molecule has 1 aromatic carbocycles. The molecule has 2 aliphatic rings. The number of anilines is 2. The van der Waals surface area contributed by atoms with E-state index in [-0.39, 0.29) is 65.7 Å². The van der Waals surface area contributed by atoms with E-state index in [0.29, 0.717) is 48.4 Å². The lowest BCUT2D eigenvalue weighted by atomic mass is 9.98. The first-order chi connectivity index (χ1) is 29.5. The summed E-state index contributed by atoms with van der Waals surface area (Å²) in [7, 11) is 0. The maximum atomic E-state index is 12.2. The molecule has 6 heterocycles. The number of quaternary nitrogens is 2. The fraction of sp³-hybridized carbons (Fsp3) is 0.316. The molecule has 0 spiro atoms. The van der Waals surface area contributed by atoms with Gasteiger partial charge in [-0.05, 0) is 26.0 Å². The standard InChI is InChI=1S/2C14H17N5O3.C10H6O8.8H2O/c2*1-2-18-8-10(13(21)22)11(20)9-7-16-14(17-12(9)18)19-5-3-15-4-6-19;11-7(12)3-1-4(8(13)14)6(10(17)18)2-5(3)9(15)16;;;;;;;;/h2*7-8,15H,2-6H2,1H3,(H,21,22);1-2H,(H,11,12)(H,13,14)(H,15,16)(H,17,18);8*1H2. The van der Waals surface area contributed by atoms with E-state index in [1.54, 1.807) is 9.13 Å². The number of aromatic carboxylic acids is 6. The average molecular weight is 1000 g/mol. The van der Waals surface area contributed by atoms with Crippen LogP contribution < -0.4 is 41.5 Å². The highest BCUT2D eigenvalue weighted by atomic mass is 16.4. The molecular formula is C38H56N10O22. The first-order valence-electron chi connectivity index (χ1n) is 19.0. The molecule has 32 nitrogen and oxygen atoms in total. The van der Waals surface area contributed by atoms with Gasteiger partial charge in [-0.3, -0.25) is 9.59 Å². The van der Waals surface area contributed by atoms with E-state index in [1.807, 2.05) is 13.8 Å². The number of carbonyl (C=O) groups excluding carboxylic acids is 2. The second kappa shape index (κ2) is 29.6. The third-order valence-electron chi connectivity index (χ3n) is 9.78. The molecule has 5 aromatic rings. The molecule has 0 bridgehead atoms. The van der Waals surface area contributed by atoms with Crippen molar-refractivity contribution in [1.29, 1.82) is 0 Å². The predicted octanol–water partition coefficient (Wildman–Crippen LogP) is -11.0. The number of carbonyl (C=O) groups is 6. The van der Waals surface area contributed by atoms with Gasteiger partial charge >= 0.3 is 23.9 Å². The van der Waals surface area contributed by atoms with Crippen LogP contribution in [0.2, 0.25) is 0 Å². The summed E-state index contributed by atoms with van der Waals surface area (Å²) in [6, 6.07) is 0.818. The second-order valence-electron chi connectivity index (χ2n) is 13.6. The number of nitrogens with zero attached hydrogens (tertiary/aromatic N) is 8. The van der Waals surface area contributed by atoms with Crippen LogP contribution in [0.1, 0.15) is 76.0 Å². The molecule has 4 aromatic heterocycles. The van der Waals surface area contributed by atoms with Gasteiger partial charge in [0.2, 0.25) is 22.8 Å². The van der Waals surface area contributed by atoms with Crippen molar-refractivity contribution in [2.45, 2.75) is 26.9 Å². The van der Waals surface area contributed by atoms with Crippen molar-refractivity contribution in [2.24, 2.45) is 0 Å². The summed E-state index contributed by atoms with van der Waals surface area (Å²) in [5, 5.41) is 61.9. The zero-order valence-corrected chi connectivity index (χ0v) is 37.1. The SMILES string of the molecule is CCn1cc(C(=O)O)c(=O)c2cnc(N3CC[NH2+]CC3)nc21.CCn1cc(C(=O)O)c(=O)c2cnc(N3CC[NH2+]CC3)nc21.O.O.O.O.O.O.O.O.O=C([O-])c1cc(C(=O)[O-])c(C(=O)O)cc1C(=O)O. The normalized spacial score (nSPS) is 12.1. The minimum atomic E-state index is -1.94. The smallest absolute Gasteiger partial charge is 0.341 e. The molecule has 2 aliphatic heterocycles. The summed E-state index contributed by atoms with van der Waals surface area (Å²) in [6.07, 6.45) is 5.59. The fourth-order valence-electron chi connectivity index (χ4n) is 6.61. The molecule has 32 heteroatoms. The van der Waals surface area contributed by atoms with Crippen LogP contribution in [0, 0.1) is 0 Å². The molecule has 0 saturated carbocycles. The molecule has 0 unspecified atom stereocenters. The number of carboxylic acids is 6. The van der Waals surface area contributed by atoms with E-state index in [2.05, 4.69) is 40.4 Å². The lowest BCUT2D eigenvalue weighted by molar-refractivity contribution is -0.655. The summed E-state index contributed by atoms with van der Waals surface area (Å²) in [6.45, 7) is 12.2. The summed E-state index contributed by atoms with van der Waals surface area (Å²) in [4.78, 5) is 111. The molecule has 2 fully saturated rings. The summed E-state index contributed by atoms with van der Waals surface area (Å²) >= 11 is 0. The Hall–Kier alpha value is -8.18. The molecular weight excluding hydrogens is 948 g/mol. The van der Waals surface area contributed by atoms with Gasteiger partial charge < -0.3 is 114 Å². The molecule has 0 radical (unpaired) electrons. The number of piperazine rings is 2. The Labute approximate surface area is 392 Å². The van der Waals surface area contributed by atoms with Gasteiger partial charge in [0.15, 0.2) is 0 Å². The largest absolute Gasteiger partial charge is 0.545 e. The van der Waals surface area contributed by atoms with Crippen LogP contribution in [0.15, 0.2) is 46.5 Å². The number of nitrogens with two attached hydrogens (primary N) is 2. The zero-order valence-electron chi connectivity index (χ0n) is 37.1. The number of hydrogen-bond donors (Lipinski definition) is 6. The lowest BCUT2D eigenvalue weighted by Gasteiger charge is -2.25. The van der Waals surface area contributed by atoms with Gasteiger partial charge in [0.05, 0.1) is 86.2 Å². The number of hydrogen-bond acceptors (Lipinski definition) is 16. The van der Waals surface area contributed by atoms with Crippen molar-refractivity contribution in [2.75, 3.05) is 62.2 Å². The maximum absolute atomic E-state index is 12.2. The molecule has 0 atom stereocenters. The van der Waals surface area contributed by atoms with Crippen molar-refractivity contribution in [3.63, 3.8) is 0 Å². The van der Waals surface area contributed by atoms with E-state index in [9.17, 15) is 48.6 Å². The van der Waals surface area contributed by atoms with E-state index in [0.717, 1.165) is 52.4 Å². The summed E-state index contributed by atoms with van der Waals surface area (Å²) in [5.74, 6) is -8.60. The fourth-order valence-corrected chi connectivity index (χ4v) is 6.61. The maximum Gasteiger partial charge on any atom is 0.341 e. The molecule has 7 rings (SSSR count). The quantitative estimate of drug-likeness (QED) is 0.0756. The van der Waals surface area contributed by atoms with Crippen LogP contribution in [-0.4, -0.2) is 181 Å². The molecule has 2 saturated heterocycles. The highest BCUT2D eigenvalue weighted by Crippen LogP contribution is 2.18. The van der Waals surface area contributed by atoms with Gasteiger partial charge in [-0.2, -0.15) is 9.97 Å². The van der Waals surface area contributed by atoms with E-state index in [1.165, 1.54) is 24.8 Å². The Kier molecular flexibility index (Phi) is 28.9. The van der Waals surface area contributed by atoms with Crippen molar-refractivity contribution in [3.05, 3.63) is 90.7 Å². The van der Waals surface area contributed by atoms with Crippen molar-refractivity contribution in [3.8, 4) is 0 Å². The van der Waals surface area contributed by atoms with Crippen LogP contribution in [0.25, 0.3) is 22.1 Å². The molecule has 70 heavy (non-hydrogen) atoms. The minimum absolute atomic E-state index is 0. The monoisotopic (exact) mass is 1000 g/mol. The number of aryl methyl sites for hydroxylation is 2. The van der Waals surface area contributed by atoms with Gasteiger partial charge in [0.25, 0.3) is 0 Å². The van der Waals surface area contributed by atoms with E-state index < -0.39 is 68.9 Å².